The van der Waals surface area contributed by atoms with Crippen LogP contribution in [0, 0.1) is 11.6 Å². The molecule has 1 aromatic heterocycles. The lowest BCUT2D eigenvalue weighted by molar-refractivity contribution is 0.0924. The Hall–Kier alpha value is -2.48. The third-order valence-electron chi connectivity index (χ3n) is 5.53. The minimum Gasteiger partial charge on any atom is -0.347 e. The van der Waals surface area contributed by atoms with Gasteiger partial charge >= 0.3 is 0 Å². The molecule has 1 aliphatic heterocycles. The summed E-state index contributed by atoms with van der Waals surface area (Å²) in [6.07, 6.45) is 2.32. The summed E-state index contributed by atoms with van der Waals surface area (Å²) in [5, 5.41) is 13.5. The number of rotatable bonds is 5. The molecular weight excluding hydrogens is 445 g/mol. The fraction of sp³-hybridized carbons (Fsp3) is 0.273. The fourth-order valence-corrected chi connectivity index (χ4v) is 4.39. The monoisotopic (exact) mass is 464 g/mol. The van der Waals surface area contributed by atoms with Crippen LogP contribution < -0.4 is 10.6 Å². The Morgan fingerprint density at radius 1 is 1.19 bits per heavy atom. The van der Waals surface area contributed by atoms with E-state index in [1.807, 2.05) is 0 Å². The van der Waals surface area contributed by atoms with Gasteiger partial charge in [0.25, 0.3) is 5.91 Å². The molecule has 2 atom stereocenters. The van der Waals surface area contributed by atoms with Gasteiger partial charge < -0.3 is 10.6 Å². The van der Waals surface area contributed by atoms with E-state index in [0.29, 0.717) is 40.4 Å². The van der Waals surface area contributed by atoms with Gasteiger partial charge in [-0.15, -0.1) is 11.6 Å². The zero-order valence-electron chi connectivity index (χ0n) is 16.4. The van der Waals surface area contributed by atoms with E-state index in [1.54, 1.807) is 30.5 Å². The Labute approximate surface area is 188 Å². The van der Waals surface area contributed by atoms with Crippen LogP contribution in [0.25, 0.3) is 11.3 Å². The maximum Gasteiger partial charge on any atom is 0.251 e. The molecule has 0 unspecified atom stereocenters. The summed E-state index contributed by atoms with van der Waals surface area (Å²) in [5.74, 6) is -1.92. The number of hydrogen-bond acceptors (Lipinski definition) is 3. The van der Waals surface area contributed by atoms with Crippen molar-refractivity contribution in [3.63, 3.8) is 0 Å². The quantitative estimate of drug-likeness (QED) is 0.482. The highest BCUT2D eigenvalue weighted by atomic mass is 35.5. The van der Waals surface area contributed by atoms with Crippen molar-refractivity contribution in [1.29, 1.82) is 0 Å². The van der Waals surface area contributed by atoms with Gasteiger partial charge in [0, 0.05) is 35.2 Å². The molecule has 1 fully saturated rings. The SMILES string of the molecule is O=C(N[C@@H]1CNCC[C@H]1c1ccc(F)c(F)c1)c1ccc(-c2[nH]ncc2CCl)c(Cl)c1. The lowest BCUT2D eigenvalue weighted by atomic mass is 9.85. The number of halogens is 4. The molecule has 3 N–H and O–H groups in total. The average molecular weight is 465 g/mol. The topological polar surface area (TPSA) is 69.8 Å². The van der Waals surface area contributed by atoms with Crippen LogP contribution in [0.4, 0.5) is 8.78 Å². The number of aromatic amines is 1. The first-order valence-electron chi connectivity index (χ1n) is 9.82. The molecule has 1 aliphatic rings. The number of hydrogen-bond donors (Lipinski definition) is 3. The summed E-state index contributed by atoms with van der Waals surface area (Å²) in [4.78, 5) is 12.9. The zero-order chi connectivity index (χ0) is 22.0. The van der Waals surface area contributed by atoms with Gasteiger partial charge in [0.1, 0.15) is 0 Å². The molecule has 1 saturated heterocycles. The average Bonchev–Trinajstić information content (AvgIpc) is 3.24. The molecular formula is C22H20Cl2F2N4O. The Kier molecular flexibility index (Phi) is 6.55. The van der Waals surface area contributed by atoms with Gasteiger partial charge in [-0.3, -0.25) is 9.89 Å². The minimum atomic E-state index is -0.890. The Morgan fingerprint density at radius 2 is 2.03 bits per heavy atom. The summed E-state index contributed by atoms with van der Waals surface area (Å²) in [7, 11) is 0. The number of aromatic nitrogens is 2. The van der Waals surface area contributed by atoms with Gasteiger partial charge in [-0.2, -0.15) is 5.10 Å². The molecule has 9 heteroatoms. The molecule has 0 spiro atoms. The van der Waals surface area contributed by atoms with Crippen LogP contribution >= 0.6 is 23.2 Å². The van der Waals surface area contributed by atoms with Crippen molar-refractivity contribution in [3.05, 3.63) is 75.9 Å². The molecule has 0 radical (unpaired) electrons. The first kappa shape index (κ1) is 21.7. The molecule has 31 heavy (non-hydrogen) atoms. The van der Waals surface area contributed by atoms with Crippen LogP contribution in [-0.4, -0.2) is 35.2 Å². The normalized spacial score (nSPS) is 18.7. The first-order chi connectivity index (χ1) is 15.0. The van der Waals surface area contributed by atoms with Gasteiger partial charge in [0.2, 0.25) is 0 Å². The van der Waals surface area contributed by atoms with E-state index < -0.39 is 11.6 Å². The molecule has 0 bridgehead atoms. The van der Waals surface area contributed by atoms with Gasteiger partial charge in [-0.05, 0) is 42.8 Å². The summed E-state index contributed by atoms with van der Waals surface area (Å²) in [6.45, 7) is 1.25. The Morgan fingerprint density at radius 3 is 2.77 bits per heavy atom. The van der Waals surface area contributed by atoms with Crippen LogP contribution in [0.2, 0.25) is 5.02 Å². The van der Waals surface area contributed by atoms with Crippen molar-refractivity contribution in [2.24, 2.45) is 0 Å². The van der Waals surface area contributed by atoms with E-state index in [2.05, 4.69) is 20.8 Å². The number of nitrogens with one attached hydrogen (secondary N) is 3. The highest BCUT2D eigenvalue weighted by Gasteiger charge is 2.29. The molecule has 162 valence electrons. The molecule has 5 nitrogen and oxygen atoms in total. The second-order valence-electron chi connectivity index (χ2n) is 7.45. The lowest BCUT2D eigenvalue weighted by Gasteiger charge is -2.33. The van der Waals surface area contributed by atoms with Crippen molar-refractivity contribution in [3.8, 4) is 11.3 Å². The molecule has 0 aliphatic carbocycles. The van der Waals surface area contributed by atoms with Gasteiger partial charge in [0.05, 0.1) is 22.8 Å². The molecule has 2 aromatic carbocycles. The van der Waals surface area contributed by atoms with E-state index in [0.717, 1.165) is 18.2 Å². The largest absolute Gasteiger partial charge is 0.347 e. The first-order valence-corrected chi connectivity index (χ1v) is 10.7. The smallest absolute Gasteiger partial charge is 0.251 e. The van der Waals surface area contributed by atoms with Crippen LogP contribution in [0.3, 0.4) is 0 Å². The van der Waals surface area contributed by atoms with E-state index in [1.165, 1.54) is 6.07 Å². The van der Waals surface area contributed by atoms with Gasteiger partial charge in [-0.1, -0.05) is 23.7 Å². The van der Waals surface area contributed by atoms with Crippen LogP contribution in [0.1, 0.15) is 33.8 Å². The van der Waals surface area contributed by atoms with Crippen LogP contribution in [-0.2, 0) is 5.88 Å². The number of carbonyl (C=O) groups is 1. The number of carbonyl (C=O) groups excluding carboxylic acids is 1. The third-order valence-corrected chi connectivity index (χ3v) is 6.13. The van der Waals surface area contributed by atoms with Crippen LogP contribution in [0.15, 0.2) is 42.6 Å². The molecule has 3 aromatic rings. The van der Waals surface area contributed by atoms with Crippen molar-refractivity contribution in [2.45, 2.75) is 24.3 Å². The standard InChI is InChI=1S/C22H20Cl2F2N4O/c23-9-14-10-28-30-21(14)16-3-1-13(7-17(16)24)22(31)29-20-11-27-6-5-15(20)12-2-4-18(25)19(26)8-12/h1-4,7-8,10,15,20,27H,5-6,9,11H2,(H,28,30)(H,29,31)/t15-,20+/m0/s1. The Bertz CT molecular complexity index is 1100. The number of amides is 1. The molecule has 2 heterocycles. The predicted molar refractivity (Wildman–Crippen MR) is 116 cm³/mol. The van der Waals surface area contributed by atoms with Crippen molar-refractivity contribution < 1.29 is 13.6 Å². The van der Waals surface area contributed by atoms with Crippen molar-refractivity contribution >= 4 is 29.1 Å². The van der Waals surface area contributed by atoms with E-state index >= 15 is 0 Å². The maximum atomic E-state index is 13.7. The van der Waals surface area contributed by atoms with Gasteiger partial charge in [0.15, 0.2) is 11.6 Å². The zero-order valence-corrected chi connectivity index (χ0v) is 17.9. The fourth-order valence-electron chi connectivity index (χ4n) is 3.91. The second-order valence-corrected chi connectivity index (χ2v) is 8.13. The van der Waals surface area contributed by atoms with E-state index in [9.17, 15) is 13.6 Å². The number of H-pyrrole nitrogens is 1. The summed E-state index contributed by atoms with van der Waals surface area (Å²) in [5.41, 5.74) is 3.28. The maximum absolute atomic E-state index is 13.7. The van der Waals surface area contributed by atoms with E-state index in [4.69, 9.17) is 23.2 Å². The summed E-state index contributed by atoms with van der Waals surface area (Å²) >= 11 is 12.4. The molecule has 4 rings (SSSR count). The predicted octanol–water partition coefficient (Wildman–Crippen LogP) is 4.62. The van der Waals surface area contributed by atoms with E-state index in [-0.39, 0.29) is 23.7 Å². The number of piperidine rings is 1. The highest BCUT2D eigenvalue weighted by Crippen LogP contribution is 2.31. The lowest BCUT2D eigenvalue weighted by Crippen LogP contribution is -2.50. The molecule has 0 saturated carbocycles. The third kappa shape index (κ3) is 4.59. The number of benzene rings is 2. The van der Waals surface area contributed by atoms with Crippen molar-refractivity contribution in [2.75, 3.05) is 13.1 Å². The number of nitrogens with zero attached hydrogens (tertiary/aromatic N) is 1. The second kappa shape index (κ2) is 9.34. The summed E-state index contributed by atoms with van der Waals surface area (Å²) < 4.78 is 27.1. The van der Waals surface area contributed by atoms with Crippen molar-refractivity contribution in [1.82, 2.24) is 20.8 Å². The highest BCUT2D eigenvalue weighted by molar-refractivity contribution is 6.33. The van der Waals surface area contributed by atoms with Crippen LogP contribution in [0.5, 0.6) is 0 Å². The minimum absolute atomic E-state index is 0.133. The molecule has 1 amide bonds. The Balaban J connectivity index is 1.53. The van der Waals surface area contributed by atoms with Gasteiger partial charge in [-0.25, -0.2) is 8.78 Å². The number of alkyl halides is 1. The summed E-state index contributed by atoms with van der Waals surface area (Å²) in [6, 6.07) is 8.63.